The maximum atomic E-state index is 13.5. The molecule has 0 aromatic heterocycles. The second-order valence-corrected chi connectivity index (χ2v) is 10.4. The molecule has 0 fully saturated rings. The molecule has 1 amide bonds. The van der Waals surface area contributed by atoms with Crippen molar-refractivity contribution in [3.05, 3.63) is 65.0 Å². The lowest BCUT2D eigenvalue weighted by Gasteiger charge is -2.32. The summed E-state index contributed by atoms with van der Waals surface area (Å²) in [5, 5.41) is 9.82. The van der Waals surface area contributed by atoms with E-state index < -0.39 is 23.7 Å². The highest BCUT2D eigenvalue weighted by Gasteiger charge is 2.33. The quantitative estimate of drug-likeness (QED) is 0.241. The molecule has 0 aliphatic carbocycles. The van der Waals surface area contributed by atoms with Crippen molar-refractivity contribution in [3.8, 4) is 0 Å². The van der Waals surface area contributed by atoms with Crippen LogP contribution in [-0.4, -0.2) is 45.3 Å². The van der Waals surface area contributed by atoms with Crippen LogP contribution in [0.1, 0.15) is 68.9 Å². The van der Waals surface area contributed by atoms with Crippen molar-refractivity contribution in [1.82, 2.24) is 4.90 Å². The molecule has 0 saturated heterocycles. The van der Waals surface area contributed by atoms with Crippen LogP contribution in [0.25, 0.3) is 0 Å². The van der Waals surface area contributed by atoms with Crippen molar-refractivity contribution >= 4 is 29.4 Å². The molecular weight excluding hydrogens is 477 g/mol. The van der Waals surface area contributed by atoms with Crippen LogP contribution in [0.4, 0.5) is 14.9 Å². The number of ether oxygens (including phenoxy) is 1. The summed E-state index contributed by atoms with van der Waals surface area (Å²) in [5.74, 6) is -1.62. The number of aliphatic carboxylic acids is 1. The Balaban J connectivity index is 2.19. The number of carbonyl (C=O) groups is 3. The second kappa shape index (κ2) is 12.5. The zero-order valence-corrected chi connectivity index (χ0v) is 22.2. The molecule has 2 aromatic rings. The molecule has 200 valence electrons. The Kier molecular flexibility index (Phi) is 9.94. The molecule has 9 heteroatoms. The Morgan fingerprint density at radius 3 is 2.24 bits per heavy atom. The summed E-state index contributed by atoms with van der Waals surface area (Å²) in [7, 11) is 0. The van der Waals surface area contributed by atoms with Gasteiger partial charge in [-0.25, -0.2) is 19.0 Å². The van der Waals surface area contributed by atoms with Gasteiger partial charge in [-0.05, 0) is 81.5 Å². The minimum Gasteiger partial charge on any atom is -0.480 e. The number of benzene rings is 2. The van der Waals surface area contributed by atoms with Gasteiger partial charge in [0.15, 0.2) is 5.78 Å². The summed E-state index contributed by atoms with van der Waals surface area (Å²) < 4.78 is 18.9. The van der Waals surface area contributed by atoms with Crippen LogP contribution in [0, 0.1) is 18.7 Å². The topological polar surface area (TPSA) is 122 Å². The molecule has 0 saturated carbocycles. The molecule has 0 unspecified atom stereocenters. The van der Waals surface area contributed by atoms with Gasteiger partial charge in [0.25, 0.3) is 0 Å². The van der Waals surface area contributed by atoms with Crippen molar-refractivity contribution in [1.29, 1.82) is 0 Å². The third-order valence-electron chi connectivity index (χ3n) is 5.37. The van der Waals surface area contributed by atoms with Gasteiger partial charge in [0, 0.05) is 12.1 Å². The Morgan fingerprint density at radius 1 is 1.11 bits per heavy atom. The van der Waals surface area contributed by atoms with Gasteiger partial charge in [0.1, 0.15) is 23.3 Å². The van der Waals surface area contributed by atoms with Crippen LogP contribution in [0.2, 0.25) is 0 Å². The molecule has 0 radical (unpaired) electrons. The minimum absolute atomic E-state index is 0.0283. The van der Waals surface area contributed by atoms with E-state index in [-0.39, 0.29) is 42.7 Å². The largest absolute Gasteiger partial charge is 0.480 e. The molecule has 0 bridgehead atoms. The van der Waals surface area contributed by atoms with Crippen LogP contribution < -0.4 is 5.73 Å². The van der Waals surface area contributed by atoms with Gasteiger partial charge in [-0.2, -0.15) is 0 Å². The van der Waals surface area contributed by atoms with Crippen LogP contribution in [0.3, 0.4) is 0 Å². The monoisotopic (exact) mass is 513 g/mol. The molecule has 0 heterocycles. The Labute approximate surface area is 217 Å². The molecule has 2 rings (SSSR count). The zero-order valence-electron chi connectivity index (χ0n) is 22.2. The van der Waals surface area contributed by atoms with Crippen molar-refractivity contribution < 1.29 is 28.6 Å². The fraction of sp³-hybridized carbons (Fsp3) is 0.429. The number of carboxylic acid groups (broad SMARTS) is 1. The fourth-order valence-corrected chi connectivity index (χ4v) is 3.59. The standard InChI is InChI=1S/C28H36FN3O5/c1-17(2)13-23(26(34)35)32(27(36)37-28(4,5)6)16-19-7-10-21(11-8-19)31-25(30)15-24(33)20-9-12-22(29)18(3)14-20/h7-12,14,17,23H,13,15-16H2,1-6H3,(H2,30,31)(H,34,35)/t23-/m0/s1. The highest BCUT2D eigenvalue weighted by molar-refractivity contribution is 6.09. The van der Waals surface area contributed by atoms with E-state index in [2.05, 4.69) is 4.99 Å². The number of carboxylic acids is 1. The van der Waals surface area contributed by atoms with E-state index in [1.165, 1.54) is 23.1 Å². The number of nitrogens with zero attached hydrogens (tertiary/aromatic N) is 2. The molecule has 37 heavy (non-hydrogen) atoms. The fourth-order valence-electron chi connectivity index (χ4n) is 3.59. The lowest BCUT2D eigenvalue weighted by Crippen LogP contribution is -2.47. The van der Waals surface area contributed by atoms with Crippen molar-refractivity contribution in [2.75, 3.05) is 0 Å². The Hall–Kier alpha value is -3.75. The number of ketones is 1. The number of nitrogens with two attached hydrogens (primary N) is 1. The van der Waals surface area contributed by atoms with E-state index in [4.69, 9.17) is 10.5 Å². The first-order chi connectivity index (χ1) is 17.2. The van der Waals surface area contributed by atoms with Gasteiger partial charge in [0.05, 0.1) is 12.1 Å². The summed E-state index contributed by atoms with van der Waals surface area (Å²) in [6.45, 7) is 10.6. The van der Waals surface area contributed by atoms with Gasteiger partial charge in [-0.15, -0.1) is 0 Å². The van der Waals surface area contributed by atoms with Crippen LogP contribution in [0.15, 0.2) is 47.5 Å². The van der Waals surface area contributed by atoms with Gasteiger partial charge in [0.2, 0.25) is 0 Å². The van der Waals surface area contributed by atoms with Crippen molar-refractivity contribution in [2.24, 2.45) is 16.6 Å². The van der Waals surface area contributed by atoms with Crippen LogP contribution in [-0.2, 0) is 16.1 Å². The predicted octanol–water partition coefficient (Wildman–Crippen LogP) is 5.63. The first kappa shape index (κ1) is 29.5. The van der Waals surface area contributed by atoms with Crippen molar-refractivity contribution in [2.45, 2.75) is 72.6 Å². The highest BCUT2D eigenvalue weighted by atomic mass is 19.1. The lowest BCUT2D eigenvalue weighted by atomic mass is 10.0. The maximum Gasteiger partial charge on any atom is 0.411 e. The summed E-state index contributed by atoms with van der Waals surface area (Å²) in [6, 6.07) is 9.83. The van der Waals surface area contributed by atoms with Gasteiger partial charge in [-0.1, -0.05) is 26.0 Å². The SMILES string of the molecule is Cc1cc(C(=O)CC(N)=Nc2ccc(CN(C(=O)OC(C)(C)C)[C@@H](CC(C)C)C(=O)O)cc2)ccc1F. The number of Topliss-reactive ketones (excluding diaryl/α,β-unsaturated/α-hetero) is 1. The van der Waals surface area contributed by atoms with E-state index in [1.54, 1.807) is 52.0 Å². The van der Waals surface area contributed by atoms with Crippen molar-refractivity contribution in [3.63, 3.8) is 0 Å². The molecule has 0 spiro atoms. The number of hydrogen-bond donors (Lipinski definition) is 2. The molecule has 0 aliphatic rings. The van der Waals surface area contributed by atoms with Crippen LogP contribution >= 0.6 is 0 Å². The van der Waals surface area contributed by atoms with Gasteiger partial charge >= 0.3 is 12.1 Å². The maximum absolute atomic E-state index is 13.5. The van der Waals surface area contributed by atoms with E-state index in [0.29, 0.717) is 22.4 Å². The molecule has 3 N–H and O–H groups in total. The number of carbonyl (C=O) groups excluding carboxylic acids is 2. The average molecular weight is 514 g/mol. The lowest BCUT2D eigenvalue weighted by molar-refractivity contribution is -0.144. The molecule has 8 nitrogen and oxygen atoms in total. The number of amides is 1. The number of aryl methyl sites for hydroxylation is 1. The van der Waals surface area contributed by atoms with E-state index in [9.17, 15) is 23.9 Å². The Bertz CT molecular complexity index is 1150. The van der Waals surface area contributed by atoms with Gasteiger partial charge < -0.3 is 15.6 Å². The molecule has 1 atom stereocenters. The van der Waals surface area contributed by atoms with E-state index in [1.807, 2.05) is 13.8 Å². The smallest absolute Gasteiger partial charge is 0.411 e. The average Bonchev–Trinajstić information content (AvgIpc) is 2.77. The summed E-state index contributed by atoms with van der Waals surface area (Å²) in [5.41, 5.74) is 7.08. The number of aliphatic imine (C=N–C) groups is 1. The van der Waals surface area contributed by atoms with E-state index >= 15 is 0 Å². The summed E-state index contributed by atoms with van der Waals surface area (Å²) >= 11 is 0. The normalized spacial score (nSPS) is 12.8. The number of hydrogen-bond acceptors (Lipinski definition) is 5. The predicted molar refractivity (Wildman–Crippen MR) is 140 cm³/mol. The third kappa shape index (κ3) is 9.33. The number of halogens is 1. The van der Waals surface area contributed by atoms with E-state index in [0.717, 1.165) is 0 Å². The third-order valence-corrected chi connectivity index (χ3v) is 5.37. The highest BCUT2D eigenvalue weighted by Crippen LogP contribution is 2.22. The first-order valence-corrected chi connectivity index (χ1v) is 12.1. The molecule has 2 aromatic carbocycles. The van der Waals surface area contributed by atoms with Crippen LogP contribution in [0.5, 0.6) is 0 Å². The van der Waals surface area contributed by atoms with Gasteiger partial charge in [-0.3, -0.25) is 9.69 Å². The first-order valence-electron chi connectivity index (χ1n) is 12.1. The molecule has 0 aliphatic heterocycles. The summed E-state index contributed by atoms with van der Waals surface area (Å²) in [4.78, 5) is 42.9. The number of amidine groups is 1. The number of rotatable bonds is 10. The second-order valence-electron chi connectivity index (χ2n) is 10.4. The Morgan fingerprint density at radius 2 is 1.73 bits per heavy atom. The zero-order chi connectivity index (χ0) is 27.9. The minimum atomic E-state index is -1.10. The summed E-state index contributed by atoms with van der Waals surface area (Å²) in [6.07, 6.45) is -0.564. The molecular formula is C28H36FN3O5.